The fraction of sp³-hybridized carbons (Fsp3) is 0.571. The van der Waals surface area contributed by atoms with Crippen molar-refractivity contribution in [3.8, 4) is 0 Å². The number of hydrogen-bond donors (Lipinski definition) is 0. The van der Waals surface area contributed by atoms with E-state index in [0.717, 1.165) is 54.2 Å². The molecule has 4 aliphatic heterocycles. The van der Waals surface area contributed by atoms with Gasteiger partial charge >= 0.3 is 28.5 Å². The second kappa shape index (κ2) is 11.6. The Balaban J connectivity index is 1.40. The molecule has 4 aliphatic rings. The summed E-state index contributed by atoms with van der Waals surface area (Å²) in [5.74, 6) is 0. The van der Waals surface area contributed by atoms with E-state index in [1.54, 1.807) is 0 Å². The predicted molar refractivity (Wildman–Crippen MR) is 222 cm³/mol. The molecule has 0 radical (unpaired) electrons. The van der Waals surface area contributed by atoms with Crippen LogP contribution in [0.2, 0.25) is 0 Å². The van der Waals surface area contributed by atoms with Gasteiger partial charge in [0.1, 0.15) is 0 Å². The Morgan fingerprint density at radius 1 is 0.278 bits per heavy atom. The molecule has 12 heteroatoms. The van der Waals surface area contributed by atoms with E-state index in [1.807, 2.05) is 0 Å². The van der Waals surface area contributed by atoms with Gasteiger partial charge in [-0.25, -0.2) is 0 Å². The van der Waals surface area contributed by atoms with Crippen molar-refractivity contribution in [1.29, 1.82) is 0 Å². The van der Waals surface area contributed by atoms with E-state index < -0.39 is 73.3 Å². The van der Waals surface area contributed by atoms with Gasteiger partial charge in [-0.3, -0.25) is 0 Å². The molecule has 0 bridgehead atoms. The first-order valence-electron chi connectivity index (χ1n) is 19.6. The molecule has 4 aromatic rings. The van der Waals surface area contributed by atoms with E-state index in [9.17, 15) is 0 Å². The lowest BCUT2D eigenvalue weighted by Gasteiger charge is -2.32. The van der Waals surface area contributed by atoms with Crippen LogP contribution in [0.4, 0.5) is 0 Å². The highest BCUT2D eigenvalue weighted by Crippen LogP contribution is 2.42. The maximum atomic E-state index is 6.79. The van der Waals surface area contributed by atoms with Gasteiger partial charge in [0, 0.05) is 0 Å². The zero-order chi connectivity index (χ0) is 39.4. The van der Waals surface area contributed by atoms with Crippen LogP contribution >= 0.6 is 0 Å². The molecule has 8 rings (SSSR count). The third kappa shape index (κ3) is 5.68. The predicted octanol–water partition coefficient (Wildman–Crippen LogP) is 6.34. The van der Waals surface area contributed by atoms with Crippen LogP contribution in [0.15, 0.2) is 48.5 Å². The Morgan fingerprint density at radius 2 is 0.537 bits per heavy atom. The zero-order valence-corrected chi connectivity index (χ0v) is 35.2. The summed E-state index contributed by atoms with van der Waals surface area (Å²) in [6.45, 7) is 33.4. The molecule has 4 saturated heterocycles. The van der Waals surface area contributed by atoms with Crippen molar-refractivity contribution in [3.63, 3.8) is 0 Å². The first-order valence-corrected chi connectivity index (χ1v) is 19.6. The summed E-state index contributed by atoms with van der Waals surface area (Å²) >= 11 is 0. The monoisotopic (exact) mass is 732 g/mol. The van der Waals surface area contributed by atoms with Crippen LogP contribution in [-0.2, 0) is 37.2 Å². The lowest BCUT2D eigenvalue weighted by molar-refractivity contribution is 0.00578. The Bertz CT molecular complexity index is 2140. The Hall–Kier alpha value is -2.40. The van der Waals surface area contributed by atoms with Crippen molar-refractivity contribution < 1.29 is 37.2 Å². The van der Waals surface area contributed by atoms with Crippen molar-refractivity contribution in [1.82, 2.24) is 0 Å². The van der Waals surface area contributed by atoms with Gasteiger partial charge in [-0.2, -0.15) is 0 Å². The fourth-order valence-electron chi connectivity index (χ4n) is 7.72. The topological polar surface area (TPSA) is 73.8 Å². The van der Waals surface area contributed by atoms with Gasteiger partial charge in [-0.15, -0.1) is 0 Å². The summed E-state index contributed by atoms with van der Waals surface area (Å²) in [4.78, 5) is 0. The summed E-state index contributed by atoms with van der Waals surface area (Å²) in [6, 6.07) is 17.5. The third-order valence-corrected chi connectivity index (χ3v) is 14.2. The van der Waals surface area contributed by atoms with Gasteiger partial charge in [0.15, 0.2) is 0 Å². The number of fused-ring (bicyclic) bond motifs is 5. The van der Waals surface area contributed by atoms with Crippen molar-refractivity contribution in [2.75, 3.05) is 0 Å². The highest BCUT2D eigenvalue weighted by atomic mass is 16.7. The van der Waals surface area contributed by atoms with Gasteiger partial charge in [0.2, 0.25) is 0 Å². The van der Waals surface area contributed by atoms with Crippen LogP contribution < -0.4 is 21.9 Å². The SMILES string of the molecule is CC1(C)OB(c2ccc3c(c2)c(B2OC(C)(C)C(C)(C)O2)cc2c4cc(B5OC(C)(C)C(C)(C)O5)ccc4c(B4OC(C)(C)C(C)(C)O4)cc32)OC1(C)C. The highest BCUT2D eigenvalue weighted by Gasteiger charge is 2.56. The summed E-state index contributed by atoms with van der Waals surface area (Å²) in [5, 5.41) is 6.26. The summed E-state index contributed by atoms with van der Waals surface area (Å²) in [7, 11) is -2.24. The van der Waals surface area contributed by atoms with E-state index in [0.29, 0.717) is 0 Å². The smallest absolute Gasteiger partial charge is 0.399 e. The van der Waals surface area contributed by atoms with Gasteiger partial charge in [-0.1, -0.05) is 48.5 Å². The van der Waals surface area contributed by atoms with Crippen molar-refractivity contribution in [3.05, 3.63) is 48.5 Å². The van der Waals surface area contributed by atoms with Crippen LogP contribution in [0, 0.1) is 0 Å². The Labute approximate surface area is 323 Å². The molecule has 4 fully saturated rings. The standard InChI is InChI=1S/C42H56B4O8/c1-35(2)36(3,4)48-43(47-35)25-18-20-28-29(21-25)31-24-34(46-53-41(13,14)42(15,16)54-46)32-22-26(44-49-37(5,6)38(7,8)50-44)17-19-27(32)30(31)23-33(28)45-51-39(9,10)40(11,12)52-45/h17-24H,1-16H3. The molecule has 0 N–H and O–H groups in total. The second-order valence-electron chi connectivity index (χ2n) is 20.0. The maximum Gasteiger partial charge on any atom is 0.495 e. The first-order chi connectivity index (χ1) is 24.7. The number of rotatable bonds is 4. The Morgan fingerprint density at radius 3 is 0.907 bits per heavy atom. The van der Waals surface area contributed by atoms with Crippen molar-refractivity contribution in [2.24, 2.45) is 0 Å². The number of benzene rings is 4. The van der Waals surface area contributed by atoms with Crippen LogP contribution in [0.1, 0.15) is 111 Å². The molecule has 0 atom stereocenters. The van der Waals surface area contributed by atoms with E-state index in [4.69, 9.17) is 37.2 Å². The van der Waals surface area contributed by atoms with Crippen LogP contribution in [0.25, 0.3) is 32.3 Å². The first kappa shape index (κ1) is 38.5. The van der Waals surface area contributed by atoms with E-state index >= 15 is 0 Å². The molecule has 0 spiro atoms. The molecule has 0 unspecified atom stereocenters. The molecule has 0 saturated carbocycles. The van der Waals surface area contributed by atoms with Gasteiger partial charge in [0.25, 0.3) is 0 Å². The van der Waals surface area contributed by atoms with Crippen molar-refractivity contribution >= 4 is 82.6 Å². The minimum atomic E-state index is -0.612. The van der Waals surface area contributed by atoms with E-state index in [-0.39, 0.29) is 0 Å². The molecular formula is C42H56B4O8. The molecule has 0 aromatic heterocycles. The second-order valence-corrected chi connectivity index (χ2v) is 20.0. The van der Waals surface area contributed by atoms with E-state index in [2.05, 4.69) is 159 Å². The van der Waals surface area contributed by atoms with Crippen LogP contribution in [0.5, 0.6) is 0 Å². The normalized spacial score (nSPS) is 25.9. The van der Waals surface area contributed by atoms with Crippen LogP contribution in [-0.4, -0.2) is 73.3 Å². The molecule has 4 aromatic carbocycles. The average molecular weight is 732 g/mol. The molecule has 4 heterocycles. The summed E-state index contributed by atoms with van der Waals surface area (Å²) in [6.07, 6.45) is 0. The summed E-state index contributed by atoms with van der Waals surface area (Å²) in [5.41, 5.74) is -0.200. The molecular weight excluding hydrogens is 676 g/mol. The van der Waals surface area contributed by atoms with Gasteiger partial charge in [-0.05, 0) is 165 Å². The van der Waals surface area contributed by atoms with Gasteiger partial charge < -0.3 is 37.2 Å². The minimum absolute atomic E-state index is 0.476. The zero-order valence-electron chi connectivity index (χ0n) is 35.2. The molecule has 284 valence electrons. The fourth-order valence-corrected chi connectivity index (χ4v) is 7.72. The largest absolute Gasteiger partial charge is 0.495 e. The third-order valence-electron chi connectivity index (χ3n) is 14.2. The molecule has 54 heavy (non-hydrogen) atoms. The van der Waals surface area contributed by atoms with Gasteiger partial charge in [0.05, 0.1) is 44.8 Å². The summed E-state index contributed by atoms with van der Waals surface area (Å²) < 4.78 is 53.3. The number of hydrogen-bond acceptors (Lipinski definition) is 8. The van der Waals surface area contributed by atoms with Crippen molar-refractivity contribution in [2.45, 2.75) is 156 Å². The average Bonchev–Trinajstić information content (AvgIpc) is 3.59. The van der Waals surface area contributed by atoms with E-state index in [1.165, 1.54) is 0 Å². The molecule has 0 aliphatic carbocycles. The lowest BCUT2D eigenvalue weighted by Crippen LogP contribution is -2.41. The minimum Gasteiger partial charge on any atom is -0.399 e. The highest BCUT2D eigenvalue weighted by molar-refractivity contribution is 6.69. The Kier molecular flexibility index (Phi) is 8.26. The maximum absolute atomic E-state index is 6.79. The quantitative estimate of drug-likeness (QED) is 0.178. The van der Waals surface area contributed by atoms with Crippen LogP contribution in [0.3, 0.4) is 0 Å². The molecule has 8 nitrogen and oxygen atoms in total. The lowest BCUT2D eigenvalue weighted by atomic mass is 9.69. The molecule has 0 amide bonds.